The van der Waals surface area contributed by atoms with E-state index in [4.69, 9.17) is 4.74 Å². The summed E-state index contributed by atoms with van der Waals surface area (Å²) in [6.07, 6.45) is 0.206. The molecule has 0 spiro atoms. The molecule has 0 radical (unpaired) electrons. The molecule has 1 amide bonds. The summed E-state index contributed by atoms with van der Waals surface area (Å²) in [5.41, 5.74) is 4.66. The Morgan fingerprint density at radius 3 is 2.55 bits per heavy atom. The van der Waals surface area contributed by atoms with Gasteiger partial charge in [0.1, 0.15) is 5.75 Å². The van der Waals surface area contributed by atoms with E-state index in [1.54, 1.807) is 17.7 Å². The lowest BCUT2D eigenvalue weighted by Gasteiger charge is -2.05. The first kappa shape index (κ1) is 20.7. The quantitative estimate of drug-likeness (QED) is 0.427. The number of amides is 1. The van der Waals surface area contributed by atoms with Crippen molar-refractivity contribution in [3.63, 3.8) is 0 Å². The average molecular weight is 435 g/mol. The zero-order valence-electron chi connectivity index (χ0n) is 17.5. The molecule has 0 aliphatic heterocycles. The minimum atomic E-state index is -0.290. The van der Waals surface area contributed by atoms with Gasteiger partial charge < -0.3 is 4.74 Å². The molecule has 158 valence electrons. The normalized spacial score (nSPS) is 10.9. The number of benzene rings is 2. The molecule has 2 aromatic carbocycles. The lowest BCUT2D eigenvalue weighted by molar-refractivity contribution is -0.116. The van der Waals surface area contributed by atoms with Crippen molar-refractivity contribution in [1.82, 2.24) is 14.6 Å². The number of carbonyl (C=O) groups excluding carboxylic acids is 2. The molecule has 1 N–H and O–H groups in total. The molecule has 2 heterocycles. The number of anilines is 1. The summed E-state index contributed by atoms with van der Waals surface area (Å²) in [7, 11) is 1.62. The molecule has 0 unspecified atom stereocenters. The summed E-state index contributed by atoms with van der Waals surface area (Å²) in [4.78, 5) is 29.8. The molecule has 8 heteroatoms. The fraction of sp³-hybridized carbons (Fsp3) is 0.217. The standard InChI is InChI=1S/C23H22N4O3S/c1-14-4-5-17(12-15(14)2)20(28)10-11-21(29)24-22-25-23-27(26-22)19(13-31-23)16-6-8-18(30-3)9-7-16/h4-9,12-13H,10-11H2,1-3H3,(H,24,26,29). The molecule has 4 aromatic rings. The molecule has 0 aliphatic rings. The second-order valence-corrected chi connectivity index (χ2v) is 8.09. The van der Waals surface area contributed by atoms with E-state index < -0.39 is 0 Å². The summed E-state index contributed by atoms with van der Waals surface area (Å²) >= 11 is 1.44. The van der Waals surface area contributed by atoms with Gasteiger partial charge in [0.25, 0.3) is 0 Å². The molecule has 4 rings (SSSR count). The molecule has 0 bridgehead atoms. The number of nitrogens with one attached hydrogen (secondary N) is 1. The molecule has 0 aliphatic carbocycles. The van der Waals surface area contributed by atoms with E-state index in [1.165, 1.54) is 11.3 Å². The van der Waals surface area contributed by atoms with Gasteiger partial charge in [0.15, 0.2) is 5.78 Å². The minimum Gasteiger partial charge on any atom is -0.497 e. The van der Waals surface area contributed by atoms with Crippen LogP contribution in [-0.4, -0.2) is 33.4 Å². The maximum atomic E-state index is 12.4. The molecule has 0 fully saturated rings. The van der Waals surface area contributed by atoms with Crippen LogP contribution >= 0.6 is 11.3 Å². The maximum Gasteiger partial charge on any atom is 0.250 e. The van der Waals surface area contributed by atoms with E-state index in [-0.39, 0.29) is 30.5 Å². The SMILES string of the molecule is COc1ccc(-c2csc3nc(NC(=O)CCC(=O)c4ccc(C)c(C)c4)nn23)cc1. The maximum absolute atomic E-state index is 12.4. The number of hydrogen-bond donors (Lipinski definition) is 1. The van der Waals surface area contributed by atoms with Crippen molar-refractivity contribution in [2.75, 3.05) is 12.4 Å². The van der Waals surface area contributed by atoms with Gasteiger partial charge in [0, 0.05) is 29.3 Å². The first-order valence-corrected chi connectivity index (χ1v) is 10.7. The number of carbonyl (C=O) groups is 2. The Balaban J connectivity index is 1.41. The first-order chi connectivity index (χ1) is 14.9. The average Bonchev–Trinajstić information content (AvgIpc) is 3.34. The predicted molar refractivity (Wildman–Crippen MR) is 121 cm³/mol. The van der Waals surface area contributed by atoms with Crippen LogP contribution in [0.5, 0.6) is 5.75 Å². The van der Waals surface area contributed by atoms with E-state index >= 15 is 0 Å². The van der Waals surface area contributed by atoms with E-state index in [0.717, 1.165) is 28.1 Å². The van der Waals surface area contributed by atoms with E-state index in [0.29, 0.717) is 10.5 Å². The first-order valence-electron chi connectivity index (χ1n) is 9.83. The van der Waals surface area contributed by atoms with E-state index in [9.17, 15) is 9.59 Å². The van der Waals surface area contributed by atoms with Crippen LogP contribution in [0.4, 0.5) is 5.95 Å². The summed E-state index contributed by atoms with van der Waals surface area (Å²) in [5, 5.41) is 9.06. The van der Waals surface area contributed by atoms with Crippen LogP contribution in [0.15, 0.2) is 47.8 Å². The van der Waals surface area contributed by atoms with Crippen molar-refractivity contribution in [2.24, 2.45) is 0 Å². The number of aryl methyl sites for hydroxylation is 2. The molecule has 7 nitrogen and oxygen atoms in total. The summed E-state index contributed by atoms with van der Waals surface area (Å²) < 4.78 is 6.89. The van der Waals surface area contributed by atoms with Crippen LogP contribution < -0.4 is 10.1 Å². The summed E-state index contributed by atoms with van der Waals surface area (Å²) in [5.74, 6) is 0.655. The van der Waals surface area contributed by atoms with Crippen LogP contribution in [0.25, 0.3) is 16.2 Å². The highest BCUT2D eigenvalue weighted by atomic mass is 32.1. The Morgan fingerprint density at radius 2 is 1.84 bits per heavy atom. The van der Waals surface area contributed by atoms with Gasteiger partial charge in [-0.25, -0.2) is 4.52 Å². The van der Waals surface area contributed by atoms with E-state index in [1.807, 2.05) is 55.6 Å². The summed E-state index contributed by atoms with van der Waals surface area (Å²) in [6.45, 7) is 3.97. The number of ketones is 1. The number of aromatic nitrogens is 3. The topological polar surface area (TPSA) is 85.6 Å². The van der Waals surface area contributed by atoms with Gasteiger partial charge in [-0.15, -0.1) is 16.4 Å². The molecule has 0 saturated carbocycles. The molecule has 31 heavy (non-hydrogen) atoms. The molecule has 2 aromatic heterocycles. The Hall–Kier alpha value is -3.52. The lowest BCUT2D eigenvalue weighted by atomic mass is 10.0. The Kier molecular flexibility index (Phi) is 5.81. The Bertz CT molecular complexity index is 1260. The van der Waals surface area contributed by atoms with Gasteiger partial charge in [-0.1, -0.05) is 12.1 Å². The fourth-order valence-electron chi connectivity index (χ4n) is 3.17. The van der Waals surface area contributed by atoms with Gasteiger partial charge in [0.2, 0.25) is 16.8 Å². The van der Waals surface area contributed by atoms with Crippen molar-refractivity contribution in [3.8, 4) is 17.0 Å². The highest BCUT2D eigenvalue weighted by Crippen LogP contribution is 2.27. The zero-order valence-corrected chi connectivity index (χ0v) is 18.3. The third kappa shape index (κ3) is 4.49. The lowest BCUT2D eigenvalue weighted by Crippen LogP contribution is -2.14. The Labute approximate surface area is 183 Å². The van der Waals surface area contributed by atoms with Gasteiger partial charge >= 0.3 is 0 Å². The number of rotatable bonds is 7. The smallest absolute Gasteiger partial charge is 0.250 e. The Morgan fingerprint density at radius 1 is 1.06 bits per heavy atom. The van der Waals surface area contributed by atoms with Crippen molar-refractivity contribution in [1.29, 1.82) is 0 Å². The minimum absolute atomic E-state index is 0.0566. The molecular weight excluding hydrogens is 412 g/mol. The van der Waals surface area contributed by atoms with Gasteiger partial charge in [0.05, 0.1) is 12.8 Å². The van der Waals surface area contributed by atoms with E-state index in [2.05, 4.69) is 15.4 Å². The zero-order chi connectivity index (χ0) is 22.0. The predicted octanol–water partition coefficient (Wildman–Crippen LogP) is 4.68. The van der Waals surface area contributed by atoms with Crippen molar-refractivity contribution >= 4 is 33.9 Å². The number of ether oxygens (including phenoxy) is 1. The van der Waals surface area contributed by atoms with Crippen LogP contribution in [0, 0.1) is 13.8 Å². The number of hydrogen-bond acceptors (Lipinski definition) is 6. The van der Waals surface area contributed by atoms with Gasteiger partial charge in [-0.05, 0) is 55.3 Å². The molecular formula is C23H22N4O3S. The molecule has 0 saturated heterocycles. The fourth-order valence-corrected chi connectivity index (χ4v) is 4.00. The highest BCUT2D eigenvalue weighted by molar-refractivity contribution is 7.15. The van der Waals surface area contributed by atoms with Crippen LogP contribution in [0.3, 0.4) is 0 Å². The van der Waals surface area contributed by atoms with Gasteiger partial charge in [-0.2, -0.15) is 4.98 Å². The van der Waals surface area contributed by atoms with Crippen LogP contribution in [0.2, 0.25) is 0 Å². The number of Topliss-reactive ketones (excluding diaryl/α,β-unsaturated/α-hetero) is 1. The second-order valence-electron chi connectivity index (χ2n) is 7.25. The van der Waals surface area contributed by atoms with Crippen LogP contribution in [0.1, 0.15) is 34.3 Å². The number of fused-ring (bicyclic) bond motifs is 1. The van der Waals surface area contributed by atoms with Crippen molar-refractivity contribution < 1.29 is 14.3 Å². The van der Waals surface area contributed by atoms with Gasteiger partial charge in [-0.3, -0.25) is 14.9 Å². The monoisotopic (exact) mass is 434 g/mol. The number of methoxy groups -OCH3 is 1. The third-order valence-corrected chi connectivity index (χ3v) is 5.94. The van der Waals surface area contributed by atoms with Crippen LogP contribution in [-0.2, 0) is 4.79 Å². The third-order valence-electron chi connectivity index (χ3n) is 5.13. The number of nitrogens with zero attached hydrogens (tertiary/aromatic N) is 3. The summed E-state index contributed by atoms with van der Waals surface area (Å²) in [6, 6.07) is 13.2. The van der Waals surface area contributed by atoms with Crippen molar-refractivity contribution in [2.45, 2.75) is 26.7 Å². The highest BCUT2D eigenvalue weighted by Gasteiger charge is 2.15. The van der Waals surface area contributed by atoms with Crippen molar-refractivity contribution in [3.05, 3.63) is 64.5 Å². The number of thiazole rings is 1. The second kappa shape index (κ2) is 8.69. The molecule has 0 atom stereocenters. The largest absolute Gasteiger partial charge is 0.497 e.